The highest BCUT2D eigenvalue weighted by Crippen LogP contribution is 2.38. The highest BCUT2D eigenvalue weighted by molar-refractivity contribution is 5.92. The molecular weight excluding hydrogens is 376 g/mol. The molecule has 0 amide bonds. The SMILES string of the molecule is C1=C(c2c[nH]c3ccccc23)CCN(CC2COc3ccc4ncncc4c3O2)C1. The van der Waals surface area contributed by atoms with Crippen molar-refractivity contribution in [3.63, 3.8) is 0 Å². The molecule has 1 unspecified atom stereocenters. The lowest BCUT2D eigenvalue weighted by Crippen LogP contribution is -2.42. The zero-order valence-electron chi connectivity index (χ0n) is 16.5. The second-order valence-corrected chi connectivity index (χ2v) is 7.89. The molecule has 6 nitrogen and oxygen atoms in total. The fraction of sp³-hybridized carbons (Fsp3) is 0.250. The van der Waals surface area contributed by atoms with Crippen LogP contribution in [-0.2, 0) is 0 Å². The number of nitrogens with one attached hydrogen (secondary N) is 1. The van der Waals surface area contributed by atoms with Crippen LogP contribution in [0.2, 0.25) is 0 Å². The maximum atomic E-state index is 6.33. The van der Waals surface area contributed by atoms with Gasteiger partial charge in [0.1, 0.15) is 19.0 Å². The van der Waals surface area contributed by atoms with Gasteiger partial charge in [-0.1, -0.05) is 24.3 Å². The number of ether oxygens (including phenoxy) is 2. The summed E-state index contributed by atoms with van der Waals surface area (Å²) in [7, 11) is 0. The highest BCUT2D eigenvalue weighted by Gasteiger charge is 2.26. The van der Waals surface area contributed by atoms with Crippen molar-refractivity contribution in [2.45, 2.75) is 12.5 Å². The lowest BCUT2D eigenvalue weighted by Gasteiger charge is -2.33. The Labute approximate surface area is 174 Å². The molecule has 0 fully saturated rings. The molecule has 150 valence electrons. The number of fused-ring (bicyclic) bond motifs is 4. The van der Waals surface area contributed by atoms with Crippen LogP contribution in [0.15, 0.2) is 61.2 Å². The number of benzene rings is 2. The summed E-state index contributed by atoms with van der Waals surface area (Å²) < 4.78 is 12.3. The van der Waals surface area contributed by atoms with Gasteiger partial charge in [0.25, 0.3) is 0 Å². The standard InChI is InChI=1S/C24H22N4O2/c1-2-4-21-18(3-1)19(12-26-21)16-7-9-28(10-8-16)13-17-14-29-23-6-5-22-20(24(23)30-17)11-25-15-27-22/h1-7,11-12,15,17,26H,8-10,13-14H2. The van der Waals surface area contributed by atoms with Crippen molar-refractivity contribution in [2.24, 2.45) is 0 Å². The summed E-state index contributed by atoms with van der Waals surface area (Å²) in [6.45, 7) is 3.32. The zero-order chi connectivity index (χ0) is 19.9. The zero-order valence-corrected chi connectivity index (χ0v) is 16.5. The number of hydrogen-bond acceptors (Lipinski definition) is 5. The molecule has 1 atom stereocenters. The van der Waals surface area contributed by atoms with E-state index in [1.165, 1.54) is 22.0 Å². The van der Waals surface area contributed by atoms with Crippen molar-refractivity contribution in [1.82, 2.24) is 19.9 Å². The van der Waals surface area contributed by atoms with Crippen molar-refractivity contribution in [3.05, 3.63) is 66.8 Å². The summed E-state index contributed by atoms with van der Waals surface area (Å²) in [6, 6.07) is 12.4. The van der Waals surface area contributed by atoms with Crippen LogP contribution >= 0.6 is 0 Å². The number of H-pyrrole nitrogens is 1. The predicted octanol–water partition coefficient (Wildman–Crippen LogP) is 4.04. The fourth-order valence-electron chi connectivity index (χ4n) is 4.47. The van der Waals surface area contributed by atoms with Crippen LogP contribution in [0.1, 0.15) is 12.0 Å². The van der Waals surface area contributed by atoms with Crippen molar-refractivity contribution in [1.29, 1.82) is 0 Å². The lowest BCUT2D eigenvalue weighted by atomic mass is 9.99. The van der Waals surface area contributed by atoms with E-state index in [-0.39, 0.29) is 6.10 Å². The van der Waals surface area contributed by atoms with Gasteiger partial charge in [0.05, 0.1) is 10.9 Å². The van der Waals surface area contributed by atoms with Gasteiger partial charge in [-0.15, -0.1) is 0 Å². The minimum absolute atomic E-state index is 0.00801. The van der Waals surface area contributed by atoms with Crippen LogP contribution in [0, 0.1) is 0 Å². The van der Waals surface area contributed by atoms with Crippen LogP contribution < -0.4 is 9.47 Å². The third-order valence-corrected chi connectivity index (χ3v) is 6.00. The fourth-order valence-corrected chi connectivity index (χ4v) is 4.47. The van der Waals surface area contributed by atoms with E-state index in [0.717, 1.165) is 48.5 Å². The first-order chi connectivity index (χ1) is 14.8. The summed E-state index contributed by atoms with van der Waals surface area (Å²) in [5, 5.41) is 2.20. The monoisotopic (exact) mass is 398 g/mol. The molecule has 2 aromatic carbocycles. The molecule has 30 heavy (non-hydrogen) atoms. The van der Waals surface area contributed by atoms with Crippen molar-refractivity contribution >= 4 is 27.4 Å². The molecule has 4 aromatic rings. The Balaban J connectivity index is 1.17. The van der Waals surface area contributed by atoms with E-state index in [1.54, 1.807) is 12.5 Å². The van der Waals surface area contributed by atoms with Crippen molar-refractivity contribution in [2.75, 3.05) is 26.2 Å². The number of aromatic nitrogens is 3. The number of nitrogens with zero attached hydrogens (tertiary/aromatic N) is 3. The molecule has 2 aliphatic rings. The summed E-state index contributed by atoms with van der Waals surface area (Å²) in [4.78, 5) is 14.3. The first-order valence-corrected chi connectivity index (χ1v) is 10.4. The second-order valence-electron chi connectivity index (χ2n) is 7.89. The third kappa shape index (κ3) is 3.00. The smallest absolute Gasteiger partial charge is 0.172 e. The molecule has 2 aromatic heterocycles. The van der Waals surface area contributed by atoms with Crippen molar-refractivity contribution in [3.8, 4) is 11.5 Å². The minimum atomic E-state index is -0.00801. The van der Waals surface area contributed by atoms with E-state index < -0.39 is 0 Å². The first-order valence-electron chi connectivity index (χ1n) is 10.4. The van der Waals surface area contributed by atoms with Gasteiger partial charge in [-0.3, -0.25) is 4.90 Å². The lowest BCUT2D eigenvalue weighted by molar-refractivity contribution is 0.0632. The predicted molar refractivity (Wildman–Crippen MR) is 117 cm³/mol. The Kier molecular flexibility index (Phi) is 4.16. The molecule has 2 aliphatic heterocycles. The number of rotatable bonds is 3. The minimum Gasteiger partial charge on any atom is -0.486 e. The van der Waals surface area contributed by atoms with Gasteiger partial charge < -0.3 is 14.5 Å². The molecule has 6 rings (SSSR count). The summed E-state index contributed by atoms with van der Waals surface area (Å²) in [6.07, 6.45) is 8.86. The molecular formula is C24H22N4O2. The Bertz CT molecular complexity index is 1260. The first kappa shape index (κ1) is 17.5. The van der Waals surface area contributed by atoms with Crippen LogP contribution in [0.3, 0.4) is 0 Å². The number of aromatic amines is 1. The Hall–Kier alpha value is -3.38. The molecule has 0 saturated carbocycles. The van der Waals surface area contributed by atoms with E-state index in [1.807, 2.05) is 12.1 Å². The normalized spacial score (nSPS) is 19.2. The molecule has 0 bridgehead atoms. The molecule has 6 heteroatoms. The number of para-hydroxylation sites is 1. The largest absolute Gasteiger partial charge is 0.486 e. The molecule has 0 saturated heterocycles. The maximum Gasteiger partial charge on any atom is 0.172 e. The second kappa shape index (κ2) is 7.15. The van der Waals surface area contributed by atoms with Gasteiger partial charge in [-0.05, 0) is 30.2 Å². The van der Waals surface area contributed by atoms with E-state index in [2.05, 4.69) is 56.4 Å². The van der Waals surface area contributed by atoms with Gasteiger partial charge in [-0.25, -0.2) is 9.97 Å². The Morgan fingerprint density at radius 1 is 1.13 bits per heavy atom. The topological polar surface area (TPSA) is 63.3 Å². The average Bonchev–Trinajstić information content (AvgIpc) is 3.24. The van der Waals surface area contributed by atoms with Crippen LogP contribution in [0.4, 0.5) is 0 Å². The van der Waals surface area contributed by atoms with Crippen LogP contribution in [0.5, 0.6) is 11.5 Å². The van der Waals surface area contributed by atoms with Crippen molar-refractivity contribution < 1.29 is 9.47 Å². The van der Waals surface area contributed by atoms with E-state index in [0.29, 0.717) is 6.61 Å². The van der Waals surface area contributed by atoms with Crippen LogP contribution in [0.25, 0.3) is 27.4 Å². The third-order valence-electron chi connectivity index (χ3n) is 6.00. The van der Waals surface area contributed by atoms with Gasteiger partial charge in [0.2, 0.25) is 0 Å². The average molecular weight is 398 g/mol. The molecule has 1 N–H and O–H groups in total. The van der Waals surface area contributed by atoms with Gasteiger partial charge in [-0.2, -0.15) is 0 Å². The van der Waals surface area contributed by atoms with Gasteiger partial charge in [0, 0.05) is 48.5 Å². The molecule has 0 spiro atoms. The van der Waals surface area contributed by atoms with Gasteiger partial charge >= 0.3 is 0 Å². The summed E-state index contributed by atoms with van der Waals surface area (Å²) in [5.41, 5.74) is 4.80. The molecule has 4 heterocycles. The molecule has 0 radical (unpaired) electrons. The summed E-state index contributed by atoms with van der Waals surface area (Å²) >= 11 is 0. The Morgan fingerprint density at radius 2 is 2.10 bits per heavy atom. The molecule has 0 aliphatic carbocycles. The van der Waals surface area contributed by atoms with E-state index in [4.69, 9.17) is 9.47 Å². The van der Waals surface area contributed by atoms with Crippen LogP contribution in [-0.4, -0.2) is 52.2 Å². The summed E-state index contributed by atoms with van der Waals surface area (Å²) in [5.74, 6) is 1.53. The quantitative estimate of drug-likeness (QED) is 0.564. The highest BCUT2D eigenvalue weighted by atomic mass is 16.6. The maximum absolute atomic E-state index is 6.33. The Morgan fingerprint density at radius 3 is 3.03 bits per heavy atom. The van der Waals surface area contributed by atoms with Gasteiger partial charge in [0.15, 0.2) is 11.5 Å². The van der Waals surface area contributed by atoms with E-state index >= 15 is 0 Å². The van der Waals surface area contributed by atoms with E-state index in [9.17, 15) is 0 Å². The number of hydrogen-bond donors (Lipinski definition) is 1.